The van der Waals surface area contributed by atoms with Crippen molar-refractivity contribution in [3.63, 3.8) is 0 Å². The lowest BCUT2D eigenvalue weighted by molar-refractivity contribution is -0.116. The van der Waals surface area contributed by atoms with Crippen LogP contribution in [0.4, 0.5) is 5.69 Å². The Morgan fingerprint density at radius 2 is 1.70 bits per heavy atom. The van der Waals surface area contributed by atoms with Crippen LogP contribution in [0.15, 0.2) is 72.8 Å². The second-order valence-electron chi connectivity index (χ2n) is 6.88. The summed E-state index contributed by atoms with van der Waals surface area (Å²) in [5.41, 5.74) is 2.62. The number of halogens is 1. The summed E-state index contributed by atoms with van der Waals surface area (Å²) in [5, 5.41) is 3.27. The molecule has 1 N–H and O–H groups in total. The smallest absolute Gasteiger partial charge is 0.224 e. The van der Waals surface area contributed by atoms with Crippen LogP contribution in [0, 0.1) is 0 Å². The number of ether oxygens (including phenoxy) is 1. The van der Waals surface area contributed by atoms with Gasteiger partial charge in [-0.3, -0.25) is 9.59 Å². The predicted octanol–water partition coefficient (Wildman–Crippen LogP) is 5.93. The van der Waals surface area contributed by atoms with Crippen LogP contribution in [-0.4, -0.2) is 18.3 Å². The van der Waals surface area contributed by atoms with E-state index in [0.29, 0.717) is 34.9 Å². The molecule has 0 heterocycles. The Hall–Kier alpha value is -3.11. The Balaban J connectivity index is 1.56. The summed E-state index contributed by atoms with van der Waals surface area (Å²) < 4.78 is 5.69. The van der Waals surface area contributed by atoms with E-state index in [-0.39, 0.29) is 18.1 Å². The van der Waals surface area contributed by atoms with Gasteiger partial charge in [-0.25, -0.2) is 0 Å². The van der Waals surface area contributed by atoms with Gasteiger partial charge < -0.3 is 10.1 Å². The number of ketones is 1. The number of carbonyl (C=O) groups excluding carboxylic acids is 2. The summed E-state index contributed by atoms with van der Waals surface area (Å²) in [4.78, 5) is 25.2. The monoisotopic (exact) mass is 421 g/mol. The van der Waals surface area contributed by atoms with Gasteiger partial charge in [0.15, 0.2) is 5.78 Å². The Bertz CT molecular complexity index is 1000. The van der Waals surface area contributed by atoms with Gasteiger partial charge >= 0.3 is 0 Å². The van der Waals surface area contributed by atoms with Crippen molar-refractivity contribution in [2.75, 3.05) is 11.9 Å². The van der Waals surface area contributed by atoms with Crippen molar-refractivity contribution in [3.8, 4) is 5.75 Å². The molecule has 0 radical (unpaired) electrons. The number of hydrogen-bond donors (Lipinski definition) is 1. The van der Waals surface area contributed by atoms with Gasteiger partial charge in [-0.05, 0) is 48.7 Å². The van der Waals surface area contributed by atoms with Gasteiger partial charge in [0.2, 0.25) is 5.91 Å². The SMILES string of the molecule is CCc1ccc(OCCCC(=O)Nc2ccc(Cl)cc2C(=O)c2ccccc2)cc1. The molecule has 3 aromatic carbocycles. The first-order valence-electron chi connectivity index (χ1n) is 9.97. The van der Waals surface area contributed by atoms with Crippen molar-refractivity contribution in [2.45, 2.75) is 26.2 Å². The number of benzene rings is 3. The number of rotatable bonds is 9. The molecule has 154 valence electrons. The summed E-state index contributed by atoms with van der Waals surface area (Å²) in [5.74, 6) is 0.428. The molecule has 5 heteroatoms. The Morgan fingerprint density at radius 3 is 2.40 bits per heavy atom. The molecule has 0 atom stereocenters. The van der Waals surface area contributed by atoms with Crippen molar-refractivity contribution in [1.82, 2.24) is 0 Å². The molecule has 30 heavy (non-hydrogen) atoms. The first-order valence-corrected chi connectivity index (χ1v) is 10.4. The van der Waals surface area contributed by atoms with Crippen LogP contribution in [0.1, 0.15) is 41.3 Å². The molecule has 0 spiro atoms. The maximum atomic E-state index is 12.8. The third kappa shape index (κ3) is 5.94. The number of carbonyl (C=O) groups is 2. The fraction of sp³-hybridized carbons (Fsp3) is 0.200. The van der Waals surface area contributed by atoms with Crippen molar-refractivity contribution >= 4 is 29.0 Å². The Kier molecular flexibility index (Phi) is 7.63. The summed E-state index contributed by atoms with van der Waals surface area (Å²) in [7, 11) is 0. The highest BCUT2D eigenvalue weighted by Gasteiger charge is 2.16. The molecule has 0 aliphatic rings. The minimum Gasteiger partial charge on any atom is -0.494 e. The van der Waals surface area contributed by atoms with E-state index < -0.39 is 0 Å². The van der Waals surface area contributed by atoms with Gasteiger partial charge in [0.1, 0.15) is 5.75 Å². The molecule has 0 saturated carbocycles. The fourth-order valence-electron chi connectivity index (χ4n) is 3.02. The van der Waals surface area contributed by atoms with Crippen LogP contribution >= 0.6 is 11.6 Å². The topological polar surface area (TPSA) is 55.4 Å². The lowest BCUT2D eigenvalue weighted by Gasteiger charge is -2.12. The molecule has 0 saturated heterocycles. The first-order chi connectivity index (χ1) is 14.6. The Morgan fingerprint density at radius 1 is 0.967 bits per heavy atom. The maximum absolute atomic E-state index is 12.8. The van der Waals surface area contributed by atoms with Crippen LogP contribution in [0.2, 0.25) is 5.02 Å². The zero-order valence-corrected chi connectivity index (χ0v) is 17.6. The zero-order valence-electron chi connectivity index (χ0n) is 16.9. The van der Waals surface area contributed by atoms with Gasteiger partial charge in [-0.15, -0.1) is 0 Å². The van der Waals surface area contributed by atoms with E-state index in [0.717, 1.165) is 12.2 Å². The summed E-state index contributed by atoms with van der Waals surface area (Å²) in [6.07, 6.45) is 1.84. The number of amides is 1. The molecule has 3 aromatic rings. The number of anilines is 1. The highest BCUT2D eigenvalue weighted by atomic mass is 35.5. The zero-order chi connectivity index (χ0) is 21.3. The molecule has 0 unspecified atom stereocenters. The third-order valence-corrected chi connectivity index (χ3v) is 4.92. The van der Waals surface area contributed by atoms with E-state index in [1.807, 2.05) is 30.3 Å². The van der Waals surface area contributed by atoms with E-state index in [9.17, 15) is 9.59 Å². The van der Waals surface area contributed by atoms with Crippen molar-refractivity contribution in [1.29, 1.82) is 0 Å². The average Bonchev–Trinajstić information content (AvgIpc) is 2.78. The van der Waals surface area contributed by atoms with Gasteiger partial charge in [-0.1, -0.05) is 61.0 Å². The van der Waals surface area contributed by atoms with Gasteiger partial charge in [0, 0.05) is 22.6 Å². The molecular formula is C25H24ClNO3. The Labute approximate surface area is 181 Å². The van der Waals surface area contributed by atoms with Crippen molar-refractivity contribution < 1.29 is 14.3 Å². The van der Waals surface area contributed by atoms with Gasteiger partial charge in [0.25, 0.3) is 0 Å². The molecule has 1 amide bonds. The first kappa shape index (κ1) is 21.6. The second-order valence-corrected chi connectivity index (χ2v) is 7.32. The molecule has 0 aliphatic heterocycles. The maximum Gasteiger partial charge on any atom is 0.224 e. The molecule has 0 fully saturated rings. The minimum atomic E-state index is -0.188. The van der Waals surface area contributed by atoms with Gasteiger partial charge in [-0.2, -0.15) is 0 Å². The van der Waals surface area contributed by atoms with Crippen LogP contribution in [0.3, 0.4) is 0 Å². The summed E-state index contributed by atoms with van der Waals surface area (Å²) >= 11 is 6.08. The number of nitrogens with one attached hydrogen (secondary N) is 1. The van der Waals surface area contributed by atoms with Crippen LogP contribution < -0.4 is 10.1 Å². The van der Waals surface area contributed by atoms with E-state index in [2.05, 4.69) is 12.2 Å². The lowest BCUT2D eigenvalue weighted by Crippen LogP contribution is -2.16. The van der Waals surface area contributed by atoms with E-state index in [1.54, 1.807) is 42.5 Å². The van der Waals surface area contributed by atoms with E-state index in [1.165, 1.54) is 5.56 Å². The minimum absolute atomic E-state index is 0.177. The van der Waals surface area contributed by atoms with Crippen LogP contribution in [0.25, 0.3) is 0 Å². The quantitative estimate of drug-likeness (QED) is 0.344. The molecule has 3 rings (SSSR count). The van der Waals surface area contributed by atoms with Gasteiger partial charge in [0.05, 0.1) is 12.3 Å². The summed E-state index contributed by atoms with van der Waals surface area (Å²) in [6.45, 7) is 2.54. The normalized spacial score (nSPS) is 10.5. The average molecular weight is 422 g/mol. The number of aryl methyl sites for hydroxylation is 1. The molecular weight excluding hydrogens is 398 g/mol. The lowest BCUT2D eigenvalue weighted by atomic mass is 10.0. The van der Waals surface area contributed by atoms with E-state index >= 15 is 0 Å². The highest BCUT2D eigenvalue weighted by molar-refractivity contribution is 6.31. The second kappa shape index (κ2) is 10.6. The van der Waals surface area contributed by atoms with E-state index in [4.69, 9.17) is 16.3 Å². The fourth-order valence-corrected chi connectivity index (χ4v) is 3.19. The van der Waals surface area contributed by atoms with Crippen molar-refractivity contribution in [2.24, 2.45) is 0 Å². The molecule has 4 nitrogen and oxygen atoms in total. The molecule has 0 aliphatic carbocycles. The van der Waals surface area contributed by atoms with Crippen LogP contribution in [-0.2, 0) is 11.2 Å². The standard InChI is InChI=1S/C25H24ClNO3/c1-2-18-10-13-21(14-11-18)30-16-6-9-24(28)27-23-15-12-20(26)17-22(23)25(29)19-7-4-3-5-8-19/h3-5,7-8,10-15,17H,2,6,9,16H2,1H3,(H,27,28). The van der Waals surface area contributed by atoms with Crippen molar-refractivity contribution in [3.05, 3.63) is 94.5 Å². The third-order valence-electron chi connectivity index (χ3n) is 4.68. The van der Waals surface area contributed by atoms with Crippen LogP contribution in [0.5, 0.6) is 5.75 Å². The molecule has 0 aromatic heterocycles. The predicted molar refractivity (Wildman–Crippen MR) is 121 cm³/mol. The summed E-state index contributed by atoms with van der Waals surface area (Å²) in [6, 6.07) is 21.7. The highest BCUT2D eigenvalue weighted by Crippen LogP contribution is 2.24. The molecule has 0 bridgehead atoms. The number of hydrogen-bond acceptors (Lipinski definition) is 3. The largest absolute Gasteiger partial charge is 0.494 e.